The molecular weight excluding hydrogens is 340 g/mol. The maximum absolute atomic E-state index is 12.2. The Morgan fingerprint density at radius 3 is 2.28 bits per heavy atom. The van der Waals surface area contributed by atoms with E-state index in [1.165, 1.54) is 11.3 Å². The van der Waals surface area contributed by atoms with Crippen LogP contribution in [0.3, 0.4) is 0 Å². The fraction of sp³-hybridized carbons (Fsp3) is 0.278. The Labute approximate surface area is 149 Å². The Morgan fingerprint density at radius 1 is 1.08 bits per heavy atom. The minimum absolute atomic E-state index is 0.141. The van der Waals surface area contributed by atoms with Crippen LogP contribution >= 0.6 is 11.3 Å². The van der Waals surface area contributed by atoms with Crippen LogP contribution in [0.4, 0.5) is 0 Å². The molecule has 2 rings (SSSR count). The van der Waals surface area contributed by atoms with Gasteiger partial charge in [-0.05, 0) is 35.1 Å². The number of amides is 2. The van der Waals surface area contributed by atoms with Crippen molar-refractivity contribution in [2.24, 2.45) is 5.92 Å². The van der Waals surface area contributed by atoms with Crippen LogP contribution in [0.15, 0.2) is 41.8 Å². The molecule has 6 nitrogen and oxygen atoms in total. The van der Waals surface area contributed by atoms with E-state index in [1.54, 1.807) is 44.2 Å². The van der Waals surface area contributed by atoms with E-state index in [0.717, 1.165) is 5.56 Å². The summed E-state index contributed by atoms with van der Waals surface area (Å²) < 4.78 is 0. The number of aliphatic carboxylic acids is 1. The van der Waals surface area contributed by atoms with Gasteiger partial charge in [-0.15, -0.1) is 11.3 Å². The van der Waals surface area contributed by atoms with E-state index in [2.05, 4.69) is 10.6 Å². The van der Waals surface area contributed by atoms with Gasteiger partial charge in [0.05, 0.1) is 4.88 Å². The van der Waals surface area contributed by atoms with Crippen LogP contribution in [0.25, 0.3) is 0 Å². The molecule has 2 amide bonds. The fourth-order valence-electron chi connectivity index (χ4n) is 2.19. The molecule has 0 aliphatic heterocycles. The summed E-state index contributed by atoms with van der Waals surface area (Å²) in [6, 6.07) is 9.32. The summed E-state index contributed by atoms with van der Waals surface area (Å²) >= 11 is 1.37. The quantitative estimate of drug-likeness (QED) is 0.707. The molecule has 2 aromatic rings. The second kappa shape index (κ2) is 8.43. The molecule has 0 bridgehead atoms. The van der Waals surface area contributed by atoms with Crippen molar-refractivity contribution >= 4 is 29.1 Å². The van der Waals surface area contributed by atoms with Crippen molar-refractivity contribution in [1.29, 1.82) is 0 Å². The third-order valence-electron chi connectivity index (χ3n) is 3.63. The molecule has 1 atom stereocenters. The van der Waals surface area contributed by atoms with E-state index in [1.807, 2.05) is 11.4 Å². The highest BCUT2D eigenvalue weighted by Crippen LogP contribution is 2.10. The first-order valence-electron chi connectivity index (χ1n) is 7.83. The Bertz CT molecular complexity index is 739. The van der Waals surface area contributed by atoms with Gasteiger partial charge in [0.1, 0.15) is 6.04 Å². The van der Waals surface area contributed by atoms with Crippen LogP contribution in [-0.2, 0) is 11.3 Å². The van der Waals surface area contributed by atoms with Crippen molar-refractivity contribution in [3.05, 3.63) is 57.8 Å². The van der Waals surface area contributed by atoms with E-state index >= 15 is 0 Å². The molecule has 0 saturated heterocycles. The minimum Gasteiger partial charge on any atom is -0.480 e. The van der Waals surface area contributed by atoms with Crippen LogP contribution in [-0.4, -0.2) is 28.9 Å². The third-order valence-corrected chi connectivity index (χ3v) is 4.50. The molecule has 7 heteroatoms. The first-order chi connectivity index (χ1) is 11.9. The van der Waals surface area contributed by atoms with Gasteiger partial charge >= 0.3 is 5.97 Å². The molecule has 0 aliphatic rings. The normalized spacial score (nSPS) is 11.8. The second-order valence-electron chi connectivity index (χ2n) is 5.89. The molecule has 1 heterocycles. The maximum Gasteiger partial charge on any atom is 0.326 e. The third kappa shape index (κ3) is 5.15. The topological polar surface area (TPSA) is 95.5 Å². The molecule has 0 saturated carbocycles. The summed E-state index contributed by atoms with van der Waals surface area (Å²) in [4.78, 5) is 35.8. The van der Waals surface area contributed by atoms with Crippen molar-refractivity contribution in [1.82, 2.24) is 10.6 Å². The molecule has 3 N–H and O–H groups in total. The van der Waals surface area contributed by atoms with Gasteiger partial charge in [-0.25, -0.2) is 4.79 Å². The molecule has 0 aliphatic carbocycles. The zero-order valence-corrected chi connectivity index (χ0v) is 14.8. The predicted octanol–water partition coefficient (Wildman–Crippen LogP) is 2.52. The molecular formula is C18H20N2O4S. The molecule has 1 aromatic heterocycles. The van der Waals surface area contributed by atoms with Gasteiger partial charge < -0.3 is 15.7 Å². The summed E-state index contributed by atoms with van der Waals surface area (Å²) in [6.45, 7) is 3.82. The van der Waals surface area contributed by atoms with Gasteiger partial charge in [0.15, 0.2) is 0 Å². The van der Waals surface area contributed by atoms with Crippen molar-refractivity contribution in [3.8, 4) is 0 Å². The number of carbonyl (C=O) groups is 3. The lowest BCUT2D eigenvalue weighted by Crippen LogP contribution is -2.44. The highest BCUT2D eigenvalue weighted by molar-refractivity contribution is 7.12. The van der Waals surface area contributed by atoms with E-state index in [-0.39, 0.29) is 11.8 Å². The van der Waals surface area contributed by atoms with Crippen LogP contribution in [0, 0.1) is 5.92 Å². The highest BCUT2D eigenvalue weighted by atomic mass is 32.1. The van der Waals surface area contributed by atoms with Gasteiger partial charge in [-0.2, -0.15) is 0 Å². The lowest BCUT2D eigenvalue weighted by Gasteiger charge is -2.18. The largest absolute Gasteiger partial charge is 0.480 e. The smallest absolute Gasteiger partial charge is 0.326 e. The highest BCUT2D eigenvalue weighted by Gasteiger charge is 2.23. The predicted molar refractivity (Wildman–Crippen MR) is 95.7 cm³/mol. The summed E-state index contributed by atoms with van der Waals surface area (Å²) in [6.07, 6.45) is 0. The van der Waals surface area contributed by atoms with Gasteiger partial charge in [0.25, 0.3) is 11.8 Å². The van der Waals surface area contributed by atoms with E-state index < -0.39 is 17.9 Å². The van der Waals surface area contributed by atoms with Gasteiger partial charge in [0, 0.05) is 12.1 Å². The number of rotatable bonds is 7. The SMILES string of the molecule is CC(C)[C@@H](NC(=O)c1ccc(CNC(=O)c2cccs2)cc1)C(=O)O. The van der Waals surface area contributed by atoms with Crippen LogP contribution in [0.1, 0.15) is 39.4 Å². The molecule has 0 spiro atoms. The summed E-state index contributed by atoms with van der Waals surface area (Å²) in [5.41, 5.74) is 1.22. The standard InChI is InChI=1S/C18H20N2O4S/c1-11(2)15(18(23)24)20-16(21)13-7-5-12(6-8-13)10-19-17(22)14-4-3-9-25-14/h3-9,11,15H,10H2,1-2H3,(H,19,22)(H,20,21)(H,23,24)/t15-/m1/s1. The van der Waals surface area contributed by atoms with Crippen LogP contribution in [0.5, 0.6) is 0 Å². The van der Waals surface area contributed by atoms with Crippen molar-refractivity contribution in [2.45, 2.75) is 26.4 Å². The number of hydrogen-bond donors (Lipinski definition) is 3. The van der Waals surface area contributed by atoms with Gasteiger partial charge in [0.2, 0.25) is 0 Å². The zero-order valence-electron chi connectivity index (χ0n) is 14.0. The van der Waals surface area contributed by atoms with E-state index in [0.29, 0.717) is 17.0 Å². The molecule has 0 fully saturated rings. The number of carboxylic acids is 1. The second-order valence-corrected chi connectivity index (χ2v) is 6.84. The molecule has 0 radical (unpaired) electrons. The van der Waals surface area contributed by atoms with E-state index in [4.69, 9.17) is 5.11 Å². The van der Waals surface area contributed by atoms with Crippen molar-refractivity contribution in [3.63, 3.8) is 0 Å². The summed E-state index contributed by atoms with van der Waals surface area (Å²) in [5, 5.41) is 16.3. The molecule has 0 unspecified atom stereocenters. The first-order valence-corrected chi connectivity index (χ1v) is 8.70. The van der Waals surface area contributed by atoms with E-state index in [9.17, 15) is 14.4 Å². The van der Waals surface area contributed by atoms with Crippen molar-refractivity contribution < 1.29 is 19.5 Å². The molecule has 1 aromatic carbocycles. The number of carboxylic acid groups (broad SMARTS) is 1. The summed E-state index contributed by atoms with van der Waals surface area (Å²) in [7, 11) is 0. The zero-order chi connectivity index (χ0) is 18.4. The summed E-state index contributed by atoms with van der Waals surface area (Å²) in [5.74, 6) is -1.85. The van der Waals surface area contributed by atoms with Crippen LogP contribution in [0.2, 0.25) is 0 Å². The Kier molecular flexibility index (Phi) is 6.30. The number of carbonyl (C=O) groups excluding carboxylic acids is 2. The monoisotopic (exact) mass is 360 g/mol. The average Bonchev–Trinajstić information content (AvgIpc) is 3.11. The first kappa shape index (κ1) is 18.7. The lowest BCUT2D eigenvalue weighted by molar-refractivity contribution is -0.140. The Morgan fingerprint density at radius 2 is 1.76 bits per heavy atom. The Hall–Kier alpha value is -2.67. The number of benzene rings is 1. The maximum atomic E-state index is 12.2. The minimum atomic E-state index is -1.06. The van der Waals surface area contributed by atoms with Gasteiger partial charge in [-0.3, -0.25) is 9.59 Å². The molecule has 25 heavy (non-hydrogen) atoms. The van der Waals surface area contributed by atoms with Crippen LogP contribution < -0.4 is 10.6 Å². The fourth-order valence-corrected chi connectivity index (χ4v) is 2.83. The average molecular weight is 360 g/mol. The number of hydrogen-bond acceptors (Lipinski definition) is 4. The van der Waals surface area contributed by atoms with Gasteiger partial charge in [-0.1, -0.05) is 32.0 Å². The number of thiophene rings is 1. The Balaban J connectivity index is 1.93. The van der Waals surface area contributed by atoms with Crippen molar-refractivity contribution in [2.75, 3.05) is 0 Å². The number of nitrogens with one attached hydrogen (secondary N) is 2. The lowest BCUT2D eigenvalue weighted by atomic mass is 10.0. The molecule has 132 valence electrons.